The Balaban J connectivity index is 0.000000154. The van der Waals surface area contributed by atoms with Crippen LogP contribution < -0.4 is 16.0 Å². The molecule has 2 unspecified atom stereocenters. The van der Waals surface area contributed by atoms with Crippen LogP contribution in [-0.4, -0.2) is 132 Å². The van der Waals surface area contributed by atoms with Crippen LogP contribution in [0.4, 0.5) is 9.59 Å². The number of aliphatic carboxylic acids is 1. The molecule has 17 nitrogen and oxygen atoms in total. The quantitative estimate of drug-likeness (QED) is 0.0469. The number of ether oxygens (including phenoxy) is 4. The highest BCUT2D eigenvalue weighted by Crippen LogP contribution is 2.46. The Morgan fingerprint density at radius 1 is 0.515 bits per heavy atom. The summed E-state index contributed by atoms with van der Waals surface area (Å²) >= 11 is 0. The van der Waals surface area contributed by atoms with Crippen LogP contribution in [0.1, 0.15) is 173 Å². The fourth-order valence-corrected chi connectivity index (χ4v) is 16.3. The predicted molar refractivity (Wildman–Crippen MR) is 380 cm³/mol. The number of nitrogens with one attached hydrogen (secondary N) is 3. The maximum absolute atomic E-state index is 14.0. The zero-order valence-corrected chi connectivity index (χ0v) is 56.7. The number of nitrogens with zero attached hydrogens (tertiary/aromatic N) is 5. The number of carboxylic acid groups (broad SMARTS) is 1. The van der Waals surface area contributed by atoms with Gasteiger partial charge in [0.1, 0.15) is 24.9 Å². The second-order valence-electron chi connectivity index (χ2n) is 27.4. The van der Waals surface area contributed by atoms with Crippen LogP contribution in [0.15, 0.2) is 146 Å². The average Bonchev–Trinajstić information content (AvgIpc) is 1.64. The van der Waals surface area contributed by atoms with E-state index in [1.165, 1.54) is 70.4 Å². The molecule has 2 aromatic heterocycles. The molecule has 0 radical (unpaired) electrons. The first-order valence-corrected chi connectivity index (χ1v) is 36.0. The third kappa shape index (κ3) is 16.8. The fraction of sp³-hybridized carbons (Fsp3) is 0.475. The highest BCUT2D eigenvalue weighted by molar-refractivity contribution is 5.82. The number of benzene rings is 6. The van der Waals surface area contributed by atoms with Gasteiger partial charge in [0.15, 0.2) is 0 Å². The molecule has 8 aromatic rings. The molecule has 14 rings (SSSR count). The molecule has 0 spiro atoms. The number of hydrogen-bond acceptors (Lipinski definition) is 11. The molecule has 4 aliphatic carbocycles. The summed E-state index contributed by atoms with van der Waals surface area (Å²) in [6, 6.07) is 49.3. The summed E-state index contributed by atoms with van der Waals surface area (Å²) in [4.78, 5) is 63.2. The van der Waals surface area contributed by atoms with Crippen LogP contribution in [0, 0.1) is 11.8 Å². The van der Waals surface area contributed by atoms with Gasteiger partial charge in [0.25, 0.3) is 0 Å². The molecule has 97 heavy (non-hydrogen) atoms. The normalized spacial score (nSPS) is 18.5. The van der Waals surface area contributed by atoms with Crippen LogP contribution in [0.3, 0.4) is 0 Å². The molecule has 2 saturated heterocycles. The van der Waals surface area contributed by atoms with Crippen LogP contribution in [0.5, 0.6) is 0 Å². The van der Waals surface area contributed by atoms with Gasteiger partial charge in [0.2, 0.25) is 5.91 Å². The van der Waals surface area contributed by atoms with Crippen molar-refractivity contribution in [1.82, 2.24) is 40.0 Å². The van der Waals surface area contributed by atoms with Gasteiger partial charge in [-0.15, -0.1) is 0 Å². The van der Waals surface area contributed by atoms with E-state index in [-0.39, 0.29) is 67.2 Å². The van der Waals surface area contributed by atoms with Crippen LogP contribution in [-0.2, 0) is 41.6 Å². The van der Waals surface area contributed by atoms with E-state index < -0.39 is 18.2 Å². The lowest BCUT2D eigenvalue weighted by atomic mass is 9.82. The first-order valence-electron chi connectivity index (χ1n) is 36.0. The van der Waals surface area contributed by atoms with Crippen LogP contribution >= 0.6 is 0 Å². The summed E-state index contributed by atoms with van der Waals surface area (Å²) in [6.07, 6.45) is 16.4. The number of fused-ring (bicyclic) bond motifs is 8. The van der Waals surface area contributed by atoms with Gasteiger partial charge < -0.3 is 54.0 Å². The number of hydrogen-bond donors (Lipinski definition) is 4. The SMILES string of the molecule is COCCCn1c([C@@H]2CCCN(C(=O)CC(NC(=O)OCC3c4ccccc4-c4ccccc43)C3CCCCC3)C2)nc2ccccc21.COCCCn1c([C@@H]2CCCNC2)nc2ccccc21.O=C(O)CC(NC(=O)OCC1c2ccccc2-c2ccccc21)C1CCCCC1. The van der Waals surface area contributed by atoms with Crippen molar-refractivity contribution in [3.63, 3.8) is 0 Å². The molecule has 6 aliphatic rings. The molecule has 2 aliphatic heterocycles. The van der Waals surface area contributed by atoms with Crippen molar-refractivity contribution in [3.8, 4) is 22.3 Å². The van der Waals surface area contributed by atoms with E-state index in [0.717, 1.165) is 150 Å². The van der Waals surface area contributed by atoms with Gasteiger partial charge in [-0.3, -0.25) is 9.59 Å². The van der Waals surface area contributed by atoms with Gasteiger partial charge in [0, 0.05) is 102 Å². The number of rotatable bonds is 22. The number of piperidine rings is 2. The molecule has 6 aromatic carbocycles. The molecule has 0 bridgehead atoms. The molecule has 4 N–H and O–H groups in total. The van der Waals surface area contributed by atoms with Crippen molar-refractivity contribution >= 4 is 46.1 Å². The van der Waals surface area contributed by atoms with Crippen LogP contribution in [0.2, 0.25) is 0 Å². The fourth-order valence-electron chi connectivity index (χ4n) is 16.3. The van der Waals surface area contributed by atoms with Gasteiger partial charge in [0.05, 0.1) is 28.5 Å². The lowest BCUT2D eigenvalue weighted by Gasteiger charge is -2.35. The van der Waals surface area contributed by atoms with Crippen molar-refractivity contribution < 1.29 is 43.2 Å². The Bertz CT molecular complexity index is 3830. The molecule has 4 atom stereocenters. The van der Waals surface area contributed by atoms with Gasteiger partial charge >= 0.3 is 18.2 Å². The molecule has 17 heteroatoms. The summed E-state index contributed by atoms with van der Waals surface area (Å²) in [5.74, 6) is 2.71. The van der Waals surface area contributed by atoms with E-state index >= 15 is 0 Å². The molecule has 3 amide bonds. The maximum Gasteiger partial charge on any atom is 0.407 e. The van der Waals surface area contributed by atoms with Crippen LogP contribution in [0.25, 0.3) is 44.3 Å². The lowest BCUT2D eigenvalue weighted by molar-refractivity contribution is -0.138. The lowest BCUT2D eigenvalue weighted by Crippen LogP contribution is -2.47. The van der Waals surface area contributed by atoms with E-state index in [0.29, 0.717) is 25.5 Å². The number of likely N-dealkylation sites (tertiary alicyclic amines) is 1. The summed E-state index contributed by atoms with van der Waals surface area (Å²) in [7, 11) is 3.50. The first-order chi connectivity index (χ1) is 47.6. The van der Waals surface area contributed by atoms with E-state index in [4.69, 9.17) is 28.9 Å². The monoisotopic (exact) mass is 1310 g/mol. The van der Waals surface area contributed by atoms with Crippen molar-refractivity contribution in [1.29, 1.82) is 0 Å². The Labute approximate surface area is 571 Å². The third-order valence-corrected chi connectivity index (χ3v) is 21.2. The van der Waals surface area contributed by atoms with Crippen molar-refractivity contribution in [3.05, 3.63) is 179 Å². The molecule has 4 heterocycles. The van der Waals surface area contributed by atoms with Crippen molar-refractivity contribution in [2.75, 3.05) is 66.8 Å². The minimum Gasteiger partial charge on any atom is -0.481 e. The number of carbonyl (C=O) groups excluding carboxylic acids is 3. The van der Waals surface area contributed by atoms with E-state index in [9.17, 15) is 24.3 Å². The van der Waals surface area contributed by atoms with Gasteiger partial charge in [-0.2, -0.15) is 0 Å². The van der Waals surface area contributed by atoms with Gasteiger partial charge in [-0.1, -0.05) is 160 Å². The van der Waals surface area contributed by atoms with Gasteiger partial charge in [-0.05, 0) is 151 Å². The highest BCUT2D eigenvalue weighted by atomic mass is 16.6. The standard InChI is InChI=1S/C40H48N4O4.C24H27NO4.C16H23N3O/c1-47-24-12-23-44-37-21-10-9-20-35(37)41-39(44)29-15-11-22-43(26-29)38(45)25-36(28-13-3-2-4-14-28)42-40(46)48-27-34-32-18-7-5-16-30(32)31-17-6-8-19-33(31)34;26-23(27)14-22(16-8-2-1-3-9-16)25-24(28)29-15-21-19-12-6-4-10-17(19)18-11-5-7-13-20(18)21;1-20-11-5-10-19-15-8-3-2-7-14(15)18-16(19)13-6-4-9-17-12-13/h5-10,16-21,28-29,34,36H,2-4,11-15,22-27H2,1H3,(H,42,46);4-7,10-13,16,21-22H,1-3,8-9,14-15H2,(H,25,28)(H,26,27);2-3,7-8,13,17H,4-6,9-12H2,1H3/t29-,36?;;13-/m1.1/s1. The molecule has 512 valence electrons. The smallest absolute Gasteiger partial charge is 0.407 e. The average molecular weight is 1320 g/mol. The third-order valence-electron chi connectivity index (χ3n) is 21.2. The maximum atomic E-state index is 14.0. The summed E-state index contributed by atoms with van der Waals surface area (Å²) in [5, 5.41) is 18.8. The Morgan fingerprint density at radius 3 is 1.38 bits per heavy atom. The van der Waals surface area contributed by atoms with Gasteiger partial charge in [-0.25, -0.2) is 19.6 Å². The summed E-state index contributed by atoms with van der Waals surface area (Å²) in [6.45, 7) is 7.40. The predicted octanol–water partition coefficient (Wildman–Crippen LogP) is 15.1. The molecule has 2 saturated carbocycles. The number of alkyl carbamates (subject to hydrolysis) is 2. The van der Waals surface area contributed by atoms with E-state index in [1.807, 2.05) is 47.4 Å². The topological polar surface area (TPSA) is 200 Å². The minimum atomic E-state index is -0.889. The number of imidazole rings is 2. The van der Waals surface area contributed by atoms with E-state index in [2.05, 4.69) is 128 Å². The number of methoxy groups -OCH3 is 2. The summed E-state index contributed by atoms with van der Waals surface area (Å²) < 4.78 is 26.8. The Morgan fingerprint density at radius 2 is 0.938 bits per heavy atom. The zero-order valence-electron chi connectivity index (χ0n) is 56.7. The minimum absolute atomic E-state index is 0.000698. The molecular formula is C80H98N8O9. The number of para-hydroxylation sites is 4. The number of aromatic nitrogens is 4. The van der Waals surface area contributed by atoms with E-state index in [1.54, 1.807) is 14.2 Å². The second kappa shape index (κ2) is 33.7. The highest BCUT2D eigenvalue weighted by Gasteiger charge is 2.36. The zero-order chi connectivity index (χ0) is 66.9. The van der Waals surface area contributed by atoms with Crippen molar-refractivity contribution in [2.24, 2.45) is 11.8 Å². The molecular weight excluding hydrogens is 1220 g/mol. The largest absolute Gasteiger partial charge is 0.481 e. The second-order valence-corrected chi connectivity index (χ2v) is 27.4. The number of amides is 3. The number of carboxylic acids is 1. The summed E-state index contributed by atoms with van der Waals surface area (Å²) in [5.41, 5.74) is 14.0. The Hall–Kier alpha value is -8.38. The number of carbonyl (C=O) groups is 4. The van der Waals surface area contributed by atoms with Crippen molar-refractivity contribution in [2.45, 2.75) is 164 Å². The molecule has 4 fully saturated rings. The number of aryl methyl sites for hydroxylation is 2. The first kappa shape index (κ1) is 68.6. The Kier molecular flexibility index (Phi) is 23.8.